The van der Waals surface area contributed by atoms with E-state index in [0.29, 0.717) is 29.9 Å². The molecule has 3 aromatic rings. The first-order valence-electron chi connectivity index (χ1n) is 8.29. The fourth-order valence-electron chi connectivity index (χ4n) is 3.21. The average Bonchev–Trinajstić information content (AvgIpc) is 3.04. The van der Waals surface area contributed by atoms with Gasteiger partial charge < -0.3 is 10.2 Å². The number of hydrogen-bond acceptors (Lipinski definition) is 5. The topological polar surface area (TPSA) is 69.7 Å². The van der Waals surface area contributed by atoms with E-state index in [1.807, 2.05) is 11.8 Å². The summed E-state index contributed by atoms with van der Waals surface area (Å²) in [6.07, 6.45) is -2.97. The van der Waals surface area contributed by atoms with E-state index in [4.69, 9.17) is 0 Å². The maximum atomic E-state index is 13.6. The van der Waals surface area contributed by atoms with E-state index in [1.165, 1.54) is 6.07 Å². The van der Waals surface area contributed by atoms with E-state index in [1.54, 1.807) is 18.3 Å². The molecule has 0 amide bonds. The van der Waals surface area contributed by atoms with Crippen LogP contribution >= 0.6 is 0 Å². The van der Waals surface area contributed by atoms with Crippen LogP contribution in [-0.4, -0.2) is 45.8 Å². The van der Waals surface area contributed by atoms with Crippen LogP contribution in [0.15, 0.2) is 30.5 Å². The Morgan fingerprint density at radius 2 is 2.04 bits per heavy atom. The number of nitrogens with zero attached hydrogens (tertiary/aromatic N) is 4. The Hall–Kier alpha value is -2.68. The number of piperazine rings is 1. The van der Waals surface area contributed by atoms with Gasteiger partial charge in [-0.05, 0) is 31.2 Å². The van der Waals surface area contributed by atoms with E-state index < -0.39 is 11.7 Å². The van der Waals surface area contributed by atoms with Gasteiger partial charge in [0.15, 0.2) is 5.65 Å². The fourth-order valence-corrected chi connectivity index (χ4v) is 3.21. The van der Waals surface area contributed by atoms with Crippen molar-refractivity contribution in [3.63, 3.8) is 0 Å². The molecule has 6 nitrogen and oxygen atoms in total. The molecule has 0 aliphatic carbocycles. The number of pyridine rings is 2. The van der Waals surface area contributed by atoms with Gasteiger partial charge in [-0.25, -0.2) is 9.97 Å². The monoisotopic (exact) mass is 362 g/mol. The number of H-pyrrole nitrogens is 1. The van der Waals surface area contributed by atoms with E-state index in [2.05, 4.69) is 25.5 Å². The second-order valence-electron chi connectivity index (χ2n) is 6.34. The number of hydrogen-bond donors (Lipinski definition) is 2. The van der Waals surface area contributed by atoms with Gasteiger partial charge in [0.05, 0.1) is 5.56 Å². The lowest BCUT2D eigenvalue weighted by Crippen LogP contribution is -2.49. The molecule has 136 valence electrons. The number of alkyl halides is 3. The molecule has 0 spiro atoms. The first kappa shape index (κ1) is 16.8. The van der Waals surface area contributed by atoms with Crippen LogP contribution in [0.3, 0.4) is 0 Å². The number of aromatic amines is 1. The van der Waals surface area contributed by atoms with Gasteiger partial charge in [-0.1, -0.05) is 0 Å². The summed E-state index contributed by atoms with van der Waals surface area (Å²) in [5.74, 6) is 0.515. The molecule has 0 aromatic carbocycles. The molecule has 2 N–H and O–H groups in total. The van der Waals surface area contributed by atoms with Crippen LogP contribution in [-0.2, 0) is 6.18 Å². The lowest BCUT2D eigenvalue weighted by molar-refractivity contribution is -0.137. The Bertz CT molecular complexity index is 936. The molecular weight excluding hydrogens is 345 g/mol. The Kier molecular flexibility index (Phi) is 4.03. The minimum atomic E-state index is -4.52. The molecule has 1 aliphatic rings. The van der Waals surface area contributed by atoms with Crippen molar-refractivity contribution < 1.29 is 13.2 Å². The van der Waals surface area contributed by atoms with Crippen molar-refractivity contribution in [2.45, 2.75) is 19.1 Å². The Morgan fingerprint density at radius 1 is 1.19 bits per heavy atom. The summed E-state index contributed by atoms with van der Waals surface area (Å²) in [4.78, 5) is 10.4. The molecule has 1 atom stereocenters. The normalized spacial score (nSPS) is 18.5. The van der Waals surface area contributed by atoms with Gasteiger partial charge in [-0.3, -0.25) is 5.10 Å². The van der Waals surface area contributed by atoms with Crippen molar-refractivity contribution in [1.29, 1.82) is 0 Å². The lowest BCUT2D eigenvalue weighted by Gasteiger charge is -2.33. The van der Waals surface area contributed by atoms with Crippen LogP contribution in [0.25, 0.3) is 22.4 Å². The highest BCUT2D eigenvalue weighted by atomic mass is 19.4. The largest absolute Gasteiger partial charge is 0.418 e. The quantitative estimate of drug-likeness (QED) is 0.734. The van der Waals surface area contributed by atoms with Crippen LogP contribution in [0.1, 0.15) is 12.5 Å². The van der Waals surface area contributed by atoms with E-state index in [-0.39, 0.29) is 17.4 Å². The van der Waals surface area contributed by atoms with Gasteiger partial charge in [-0.15, -0.1) is 0 Å². The van der Waals surface area contributed by atoms with Crippen LogP contribution in [0.2, 0.25) is 0 Å². The molecule has 0 saturated carbocycles. The summed E-state index contributed by atoms with van der Waals surface area (Å²) in [6, 6.07) is 6.10. The zero-order valence-electron chi connectivity index (χ0n) is 14.0. The van der Waals surface area contributed by atoms with E-state index in [9.17, 15) is 13.2 Å². The highest BCUT2D eigenvalue weighted by molar-refractivity contribution is 5.90. The van der Waals surface area contributed by atoms with Crippen molar-refractivity contribution in [2.75, 3.05) is 24.5 Å². The molecule has 4 heterocycles. The first-order chi connectivity index (χ1) is 12.4. The molecule has 0 radical (unpaired) electrons. The standard InChI is InChI=1S/C17H17F3N6/c1-10-9-26(8-7-21-10)13-5-4-12(17(18,19)20)15(23-13)14-11-3-2-6-22-16(11)25-24-14/h2-6,10,21H,7-9H2,1H3,(H,22,24,25)/t10-/m0/s1. The van der Waals surface area contributed by atoms with Gasteiger partial charge >= 0.3 is 6.18 Å². The van der Waals surface area contributed by atoms with Crippen molar-refractivity contribution in [3.8, 4) is 11.4 Å². The highest BCUT2D eigenvalue weighted by Crippen LogP contribution is 2.38. The average molecular weight is 362 g/mol. The second-order valence-corrected chi connectivity index (χ2v) is 6.34. The van der Waals surface area contributed by atoms with Crippen molar-refractivity contribution in [1.82, 2.24) is 25.5 Å². The van der Waals surface area contributed by atoms with Crippen molar-refractivity contribution >= 4 is 16.9 Å². The highest BCUT2D eigenvalue weighted by Gasteiger charge is 2.36. The van der Waals surface area contributed by atoms with Gasteiger partial charge in [0, 0.05) is 37.3 Å². The van der Waals surface area contributed by atoms with Crippen LogP contribution in [0, 0.1) is 0 Å². The molecule has 0 unspecified atom stereocenters. The molecule has 9 heteroatoms. The van der Waals surface area contributed by atoms with Crippen LogP contribution in [0.4, 0.5) is 19.0 Å². The maximum Gasteiger partial charge on any atom is 0.418 e. The summed E-state index contributed by atoms with van der Waals surface area (Å²) >= 11 is 0. The van der Waals surface area contributed by atoms with Crippen molar-refractivity contribution in [3.05, 3.63) is 36.0 Å². The van der Waals surface area contributed by atoms with Crippen LogP contribution in [0.5, 0.6) is 0 Å². The summed E-state index contributed by atoms with van der Waals surface area (Å²) in [5.41, 5.74) is -0.397. The number of anilines is 1. The van der Waals surface area contributed by atoms with E-state index >= 15 is 0 Å². The number of halogens is 3. The van der Waals surface area contributed by atoms with Crippen LogP contribution < -0.4 is 10.2 Å². The van der Waals surface area contributed by atoms with Crippen molar-refractivity contribution in [2.24, 2.45) is 0 Å². The summed E-state index contributed by atoms with van der Waals surface area (Å²) in [6.45, 7) is 4.16. The minimum Gasteiger partial charge on any atom is -0.354 e. The third-order valence-electron chi connectivity index (χ3n) is 4.44. The third kappa shape index (κ3) is 2.98. The molecule has 3 aromatic heterocycles. The molecule has 4 rings (SSSR count). The summed E-state index contributed by atoms with van der Waals surface area (Å²) in [7, 11) is 0. The van der Waals surface area contributed by atoms with Gasteiger partial charge in [0.2, 0.25) is 0 Å². The molecular formula is C17H17F3N6. The van der Waals surface area contributed by atoms with Gasteiger partial charge in [0.25, 0.3) is 0 Å². The second kappa shape index (κ2) is 6.24. The molecule has 0 bridgehead atoms. The zero-order valence-corrected chi connectivity index (χ0v) is 14.0. The summed E-state index contributed by atoms with van der Waals surface area (Å²) < 4.78 is 40.7. The Labute approximate surface area is 147 Å². The zero-order chi connectivity index (χ0) is 18.3. The third-order valence-corrected chi connectivity index (χ3v) is 4.44. The smallest absolute Gasteiger partial charge is 0.354 e. The fraction of sp³-hybridized carbons (Fsp3) is 0.353. The van der Waals surface area contributed by atoms with Gasteiger partial charge in [-0.2, -0.15) is 18.3 Å². The minimum absolute atomic E-state index is 0.158. The molecule has 26 heavy (non-hydrogen) atoms. The van der Waals surface area contributed by atoms with Gasteiger partial charge in [0.1, 0.15) is 17.2 Å². The number of rotatable bonds is 2. The molecule has 1 aliphatic heterocycles. The SMILES string of the molecule is C[C@H]1CN(c2ccc(C(F)(F)F)c(-c3n[nH]c4ncccc34)n2)CCN1. The Balaban J connectivity index is 1.86. The number of aromatic nitrogens is 4. The lowest BCUT2D eigenvalue weighted by atomic mass is 10.1. The van der Waals surface area contributed by atoms with E-state index in [0.717, 1.165) is 12.6 Å². The number of fused-ring (bicyclic) bond motifs is 1. The molecule has 1 saturated heterocycles. The first-order valence-corrected chi connectivity index (χ1v) is 8.29. The predicted molar refractivity (Wildman–Crippen MR) is 91.8 cm³/mol. The maximum absolute atomic E-state index is 13.6. The predicted octanol–water partition coefficient (Wildman–Crippen LogP) is 2.84. The number of nitrogens with one attached hydrogen (secondary N) is 2. The Morgan fingerprint density at radius 3 is 2.81 bits per heavy atom. The molecule has 1 fully saturated rings. The summed E-state index contributed by atoms with van der Waals surface area (Å²) in [5, 5.41) is 10.6.